The van der Waals surface area contributed by atoms with Gasteiger partial charge in [-0.1, -0.05) is 85.3 Å². The van der Waals surface area contributed by atoms with Gasteiger partial charge in [0.25, 0.3) is 0 Å². The summed E-state index contributed by atoms with van der Waals surface area (Å²) >= 11 is 5.60. The van der Waals surface area contributed by atoms with Crippen molar-refractivity contribution in [2.45, 2.75) is 184 Å². The molecule has 0 spiro atoms. The Labute approximate surface area is 440 Å². The molecule has 5 amide bonds. The van der Waals surface area contributed by atoms with Gasteiger partial charge >= 0.3 is 0 Å². The van der Waals surface area contributed by atoms with Crippen LogP contribution in [0, 0.1) is 17.8 Å². The normalized spacial score (nSPS) is 20.9. The lowest BCUT2D eigenvalue weighted by Gasteiger charge is -2.33. The predicted molar refractivity (Wildman–Crippen MR) is 300 cm³/mol. The number of thioether (sulfide) groups is 1. The zero-order valence-corrected chi connectivity index (χ0v) is 48.3. The highest BCUT2D eigenvalue weighted by Crippen LogP contribution is 2.37. The molecule has 408 valence electrons. The number of likely N-dealkylation sites (tertiary alicyclic amines) is 2. The molecule has 0 bridgehead atoms. The molecular weight excluding hydrogens is 937 g/mol. The smallest absolute Gasteiger partial charge is 0.229 e. The van der Waals surface area contributed by atoms with Gasteiger partial charge in [0, 0.05) is 128 Å². The van der Waals surface area contributed by atoms with Crippen LogP contribution in [-0.4, -0.2) is 131 Å². The van der Waals surface area contributed by atoms with Crippen LogP contribution in [-0.2, 0) is 38.4 Å². The third-order valence-corrected chi connectivity index (χ3v) is 14.0. The maximum absolute atomic E-state index is 12.1. The molecule has 3 N–H and O–H groups in total. The molecule has 0 radical (unpaired) electrons. The van der Waals surface area contributed by atoms with Crippen LogP contribution in [0.4, 0.5) is 0 Å². The molecule has 4 fully saturated rings. The summed E-state index contributed by atoms with van der Waals surface area (Å²) in [7, 11) is 4.60. The number of nitrogens with one attached hydrogen (secondary N) is 1. The molecule has 4 aliphatic heterocycles. The number of Topliss-reactive ketones (excluding diaryl/α,β-unsaturated/α-hetero) is 3. The van der Waals surface area contributed by atoms with E-state index >= 15 is 0 Å². The quantitative estimate of drug-likeness (QED) is 0.0771. The summed E-state index contributed by atoms with van der Waals surface area (Å²) in [5, 5.41) is 2.85. The van der Waals surface area contributed by atoms with Crippen LogP contribution in [0.15, 0.2) is 40.9 Å². The Bertz CT molecular complexity index is 1650. The van der Waals surface area contributed by atoms with Crippen molar-refractivity contribution in [2.24, 2.45) is 28.5 Å². The highest BCUT2D eigenvalue weighted by molar-refractivity contribution is 7.99. The van der Waals surface area contributed by atoms with Crippen molar-refractivity contribution in [1.29, 1.82) is 0 Å². The van der Waals surface area contributed by atoms with Crippen LogP contribution in [0.2, 0.25) is 0 Å². The van der Waals surface area contributed by atoms with Crippen molar-refractivity contribution in [1.82, 2.24) is 20.0 Å². The number of rotatable bonds is 11. The van der Waals surface area contributed by atoms with Gasteiger partial charge in [-0.2, -0.15) is 24.4 Å². The van der Waals surface area contributed by atoms with Crippen LogP contribution in [0.25, 0.3) is 0 Å². The summed E-state index contributed by atoms with van der Waals surface area (Å²) in [6, 6.07) is 0. The fourth-order valence-electron chi connectivity index (χ4n) is 7.39. The predicted octanol–water partition coefficient (Wildman–Crippen LogP) is 9.79. The average molecular weight is 1040 g/mol. The summed E-state index contributed by atoms with van der Waals surface area (Å²) in [5.41, 5.74) is 8.09. The standard InChI is InChI=1S/C18H29NO3S.C10H14O.C9H16N2.2C5H7NO2.C2H7NS.3C2H6/c1-12(2)14-10-16(21)13(3)17(11-14)23-9-5-6-15(20)7-8-18(22)19-4;1-7(2)9-5-4-8(3)10(11)6-9;1-2-5-9-10-6-4-8-11(9)7-3-1;2*1-6-4(7)2-3-5(6)8;3-1-2-4;3*1-2/h13-14,17H,1,5-11H2,2-4H3,(H,19,22);4,9H,1,5-6H2,2-3H3;1-8H2;2*2-3H2,1H3;4H,1-3H2;3*1-2H3. The topological polar surface area (TPSA) is 197 Å². The second kappa shape index (κ2) is 43.7. The molecule has 1 saturated carbocycles. The number of thiol groups is 1. The second-order valence-electron chi connectivity index (χ2n) is 17.4. The van der Waals surface area contributed by atoms with E-state index in [4.69, 9.17) is 5.73 Å². The molecule has 2 aliphatic carbocycles. The Kier molecular flexibility index (Phi) is 43.9. The minimum Gasteiger partial charge on any atom is -0.360 e. The largest absolute Gasteiger partial charge is 0.360 e. The van der Waals surface area contributed by atoms with Gasteiger partial charge in [0.15, 0.2) is 5.78 Å². The highest BCUT2D eigenvalue weighted by Gasteiger charge is 2.34. The van der Waals surface area contributed by atoms with Gasteiger partial charge < -0.3 is 16.0 Å². The summed E-state index contributed by atoms with van der Waals surface area (Å²) in [6.45, 7) is 32.0. The molecule has 6 aliphatic rings. The lowest BCUT2D eigenvalue weighted by Crippen LogP contribution is -2.34. The van der Waals surface area contributed by atoms with Crippen LogP contribution < -0.4 is 11.1 Å². The van der Waals surface area contributed by atoms with E-state index < -0.39 is 0 Å². The van der Waals surface area contributed by atoms with Gasteiger partial charge in [-0.15, -0.1) is 0 Å². The molecule has 4 heterocycles. The van der Waals surface area contributed by atoms with Crippen LogP contribution >= 0.6 is 24.4 Å². The molecule has 0 aromatic carbocycles. The summed E-state index contributed by atoms with van der Waals surface area (Å²) < 4.78 is 0. The van der Waals surface area contributed by atoms with Crippen molar-refractivity contribution < 1.29 is 38.4 Å². The molecule has 0 aromatic rings. The SMILES string of the molecule is C1CCC2=NCCCN2CC1.C=C(C)C1CC(=O)C(C)C(SCCCC(=O)CCC(=O)NC)C1.C=C(C)C1CC=C(C)C(=O)C1.CC.CC.CC.CN1C(=O)CCC1=O.CN1C(=O)CCC1=O.NCCS. The number of allylic oxidation sites excluding steroid dienone is 4. The number of aliphatic imine (C=N–C) groups is 1. The number of hydrogen-bond donors (Lipinski definition) is 3. The van der Waals surface area contributed by atoms with Gasteiger partial charge in [-0.05, 0) is 82.5 Å². The maximum atomic E-state index is 12.1. The number of fused-ring (bicyclic) bond motifs is 1. The monoisotopic (exact) mass is 1030 g/mol. The van der Waals surface area contributed by atoms with Gasteiger partial charge in [0.2, 0.25) is 29.5 Å². The van der Waals surface area contributed by atoms with E-state index in [-0.39, 0.29) is 53.4 Å². The number of hydrogen-bond acceptors (Lipinski definition) is 13. The maximum Gasteiger partial charge on any atom is 0.229 e. The summed E-state index contributed by atoms with van der Waals surface area (Å²) in [6.07, 6.45) is 15.5. The van der Waals surface area contributed by atoms with Crippen LogP contribution in [0.5, 0.6) is 0 Å². The van der Waals surface area contributed by atoms with Crippen molar-refractivity contribution in [3.63, 3.8) is 0 Å². The van der Waals surface area contributed by atoms with E-state index in [9.17, 15) is 38.4 Å². The number of imide groups is 2. The number of ketones is 3. The highest BCUT2D eigenvalue weighted by atomic mass is 32.2. The molecule has 16 heteroatoms. The first-order chi connectivity index (χ1) is 33.8. The summed E-state index contributed by atoms with van der Waals surface area (Å²) in [5.74, 6) is 4.30. The van der Waals surface area contributed by atoms with Gasteiger partial charge in [0.05, 0.1) is 5.84 Å². The second-order valence-corrected chi connectivity index (χ2v) is 19.2. The average Bonchev–Trinajstić information content (AvgIpc) is 3.70. The first kappa shape index (κ1) is 71.4. The van der Waals surface area contributed by atoms with E-state index in [1.807, 2.05) is 87.1 Å². The molecule has 14 nitrogen and oxygen atoms in total. The minimum atomic E-state index is -0.0897. The van der Waals surface area contributed by atoms with Crippen molar-refractivity contribution >= 4 is 77.1 Å². The zero-order valence-electron chi connectivity index (χ0n) is 46.6. The minimum absolute atomic E-state index is 0.0602. The first-order valence-corrected chi connectivity index (χ1v) is 28.0. The number of amides is 5. The lowest BCUT2D eigenvalue weighted by molar-refractivity contribution is -0.138. The van der Waals surface area contributed by atoms with E-state index in [1.54, 1.807) is 7.05 Å². The fraction of sp³-hybridized carbons (Fsp3) is 0.727. The molecule has 4 atom stereocenters. The third-order valence-electron chi connectivity index (χ3n) is 12.2. The van der Waals surface area contributed by atoms with E-state index in [0.29, 0.717) is 80.8 Å². The van der Waals surface area contributed by atoms with E-state index in [2.05, 4.69) is 41.0 Å². The third kappa shape index (κ3) is 31.3. The number of nitrogens with two attached hydrogens (primary N) is 1. The Balaban J connectivity index is -0.000000819. The van der Waals surface area contributed by atoms with Crippen LogP contribution in [0.1, 0.15) is 178 Å². The van der Waals surface area contributed by atoms with E-state index in [1.165, 1.54) is 74.9 Å². The molecule has 4 unspecified atom stereocenters. The number of amidine groups is 1. The molecule has 71 heavy (non-hydrogen) atoms. The Hall–Kier alpha value is -3.89. The van der Waals surface area contributed by atoms with Crippen molar-refractivity contribution in [3.05, 3.63) is 36.0 Å². The Morgan fingerprint density at radius 3 is 1.72 bits per heavy atom. The first-order valence-electron chi connectivity index (χ1n) is 26.3. The number of carbonyl (C=O) groups excluding carboxylic acids is 8. The van der Waals surface area contributed by atoms with Crippen molar-refractivity contribution in [3.8, 4) is 0 Å². The molecule has 3 saturated heterocycles. The number of carbonyl (C=O) groups is 8. The van der Waals surface area contributed by atoms with E-state index in [0.717, 1.165) is 54.0 Å². The van der Waals surface area contributed by atoms with Gasteiger partial charge in [-0.3, -0.25) is 53.1 Å². The summed E-state index contributed by atoms with van der Waals surface area (Å²) in [4.78, 5) is 97.4. The van der Waals surface area contributed by atoms with Crippen molar-refractivity contribution in [2.75, 3.05) is 58.8 Å². The number of nitrogens with zero attached hydrogens (tertiary/aromatic N) is 4. The zero-order chi connectivity index (χ0) is 55.1. The molecule has 6 rings (SSSR count). The fourth-order valence-corrected chi connectivity index (χ4v) is 8.81. The Morgan fingerprint density at radius 2 is 1.28 bits per heavy atom. The molecule has 0 aromatic heterocycles. The Morgan fingerprint density at radius 1 is 0.775 bits per heavy atom. The van der Waals surface area contributed by atoms with Gasteiger partial charge in [-0.25, -0.2) is 0 Å². The lowest BCUT2D eigenvalue weighted by atomic mass is 9.79. The van der Waals surface area contributed by atoms with Gasteiger partial charge in [0.1, 0.15) is 11.6 Å². The van der Waals surface area contributed by atoms with Crippen LogP contribution in [0.3, 0.4) is 0 Å². The molecular formula is C55H98N6O8S2.